The molecule has 1 aromatic heterocycles. The fraction of sp³-hybridized carbons (Fsp3) is 0.524. The lowest BCUT2D eigenvalue weighted by Gasteiger charge is -2.38. The van der Waals surface area contributed by atoms with Crippen molar-refractivity contribution >= 4 is 16.8 Å². The van der Waals surface area contributed by atoms with Crippen molar-refractivity contribution in [3.05, 3.63) is 42.1 Å². The van der Waals surface area contributed by atoms with Gasteiger partial charge in [0.2, 0.25) is 5.91 Å². The number of nitrogens with zero attached hydrogens (tertiary/aromatic N) is 1. The van der Waals surface area contributed by atoms with Gasteiger partial charge in [-0.05, 0) is 55.2 Å². The van der Waals surface area contributed by atoms with Crippen molar-refractivity contribution in [1.29, 1.82) is 0 Å². The van der Waals surface area contributed by atoms with Crippen LogP contribution in [0.1, 0.15) is 43.7 Å². The van der Waals surface area contributed by atoms with Gasteiger partial charge in [0, 0.05) is 31.1 Å². The lowest BCUT2D eigenvalue weighted by atomic mass is 9.75. The van der Waals surface area contributed by atoms with Crippen molar-refractivity contribution in [2.24, 2.45) is 11.8 Å². The zero-order valence-corrected chi connectivity index (χ0v) is 15.5. The number of hydrazine groups is 1. The summed E-state index contributed by atoms with van der Waals surface area (Å²) < 4.78 is 0. The Labute approximate surface area is 159 Å². The normalized spacial score (nSPS) is 23.9. The monoisotopic (exact) mass is 368 g/mol. The number of nitrogens with one attached hydrogen (secondary N) is 3. The van der Waals surface area contributed by atoms with E-state index in [0.29, 0.717) is 12.3 Å². The Balaban J connectivity index is 1.41. The molecule has 2 aliphatic rings. The third kappa shape index (κ3) is 4.46. The molecule has 0 bridgehead atoms. The molecule has 2 heterocycles. The van der Waals surface area contributed by atoms with Gasteiger partial charge < -0.3 is 10.4 Å². The Hall–Kier alpha value is -2.02. The summed E-state index contributed by atoms with van der Waals surface area (Å²) >= 11 is 0. The highest BCUT2D eigenvalue weighted by Gasteiger charge is 2.35. The molecule has 1 unspecified atom stereocenters. The lowest BCUT2D eigenvalue weighted by Crippen LogP contribution is -2.41. The first-order chi connectivity index (χ1) is 13.2. The maximum absolute atomic E-state index is 12.6. The van der Waals surface area contributed by atoms with Crippen LogP contribution in [0.4, 0.5) is 0 Å². The molecule has 4 rings (SSSR count). The minimum absolute atomic E-state index is 0.0761. The van der Waals surface area contributed by atoms with E-state index >= 15 is 0 Å². The van der Waals surface area contributed by atoms with E-state index in [9.17, 15) is 9.90 Å². The molecule has 6 heteroatoms. The summed E-state index contributed by atoms with van der Waals surface area (Å²) in [6, 6.07) is 10.1. The molecule has 0 spiro atoms. The van der Waals surface area contributed by atoms with Crippen molar-refractivity contribution in [2.75, 3.05) is 13.1 Å². The minimum Gasteiger partial charge on any atom is -0.393 e. The number of para-hydroxylation sites is 1. The van der Waals surface area contributed by atoms with Crippen molar-refractivity contribution in [1.82, 2.24) is 21.2 Å². The van der Waals surface area contributed by atoms with E-state index in [0.717, 1.165) is 55.2 Å². The molecule has 1 saturated carbocycles. The number of benzene rings is 1. The number of amides is 1. The fourth-order valence-electron chi connectivity index (χ4n) is 4.14. The van der Waals surface area contributed by atoms with Gasteiger partial charge in [-0.15, -0.1) is 0 Å². The highest BCUT2D eigenvalue weighted by atomic mass is 16.3. The smallest absolute Gasteiger partial charge is 0.220 e. The molecule has 1 saturated heterocycles. The molecule has 1 atom stereocenters. The minimum atomic E-state index is -0.245. The third-order valence-corrected chi connectivity index (χ3v) is 5.83. The topological polar surface area (TPSA) is 86.3 Å². The highest BCUT2D eigenvalue weighted by Crippen LogP contribution is 2.38. The highest BCUT2D eigenvalue weighted by molar-refractivity contribution is 5.80. The van der Waals surface area contributed by atoms with Crippen molar-refractivity contribution in [2.45, 2.75) is 44.2 Å². The van der Waals surface area contributed by atoms with E-state index in [4.69, 9.17) is 0 Å². The average molecular weight is 368 g/mol. The van der Waals surface area contributed by atoms with Gasteiger partial charge in [-0.3, -0.25) is 20.6 Å². The molecule has 144 valence electrons. The number of aromatic nitrogens is 1. The second-order valence-corrected chi connectivity index (χ2v) is 7.91. The number of hydrogen-bond donors (Lipinski definition) is 4. The van der Waals surface area contributed by atoms with Crippen molar-refractivity contribution in [3.63, 3.8) is 0 Å². The molecule has 2 aromatic rings. The molecule has 27 heavy (non-hydrogen) atoms. The zero-order chi connectivity index (χ0) is 18.6. The SMILES string of the molecule is O=C(CCCC1CNNC1)NC(c1cnc2ccccc2c1)C1CC(O)C1. The van der Waals surface area contributed by atoms with Crippen LogP contribution in [0.2, 0.25) is 0 Å². The van der Waals surface area contributed by atoms with E-state index < -0.39 is 0 Å². The predicted molar refractivity (Wildman–Crippen MR) is 105 cm³/mol. The van der Waals surface area contributed by atoms with Gasteiger partial charge in [-0.25, -0.2) is 0 Å². The predicted octanol–water partition coefficient (Wildman–Crippen LogP) is 2.06. The second kappa shape index (κ2) is 8.33. The van der Waals surface area contributed by atoms with Crippen LogP contribution in [0.5, 0.6) is 0 Å². The number of fused-ring (bicyclic) bond motifs is 1. The fourth-order valence-corrected chi connectivity index (χ4v) is 4.14. The van der Waals surface area contributed by atoms with Crippen molar-refractivity contribution in [3.8, 4) is 0 Å². The van der Waals surface area contributed by atoms with E-state index in [1.165, 1.54) is 0 Å². The van der Waals surface area contributed by atoms with E-state index in [1.54, 1.807) is 0 Å². The maximum Gasteiger partial charge on any atom is 0.220 e. The largest absolute Gasteiger partial charge is 0.393 e. The van der Waals surface area contributed by atoms with Crippen LogP contribution < -0.4 is 16.2 Å². The second-order valence-electron chi connectivity index (χ2n) is 7.91. The summed E-state index contributed by atoms with van der Waals surface area (Å²) in [5.74, 6) is 0.976. The molecule has 4 N–H and O–H groups in total. The number of rotatable bonds is 7. The number of carbonyl (C=O) groups excluding carboxylic acids is 1. The van der Waals surface area contributed by atoms with Crippen LogP contribution in [-0.4, -0.2) is 35.2 Å². The van der Waals surface area contributed by atoms with E-state index in [2.05, 4.69) is 27.2 Å². The van der Waals surface area contributed by atoms with Gasteiger partial charge >= 0.3 is 0 Å². The van der Waals surface area contributed by atoms with Gasteiger partial charge in [0.1, 0.15) is 0 Å². The van der Waals surface area contributed by atoms with E-state index in [-0.39, 0.29) is 24.0 Å². The van der Waals surface area contributed by atoms with Gasteiger partial charge in [0.15, 0.2) is 0 Å². The molecular weight excluding hydrogens is 340 g/mol. The first-order valence-electron chi connectivity index (χ1n) is 9.97. The van der Waals surface area contributed by atoms with Crippen LogP contribution in [0.3, 0.4) is 0 Å². The standard InChI is InChI=1S/C21H28N4O2/c26-18-9-16(10-18)21(17-8-15-5-1-2-6-19(15)22-13-17)25-20(27)7-3-4-14-11-23-24-12-14/h1-2,5-6,8,13-14,16,18,21,23-24,26H,3-4,7,9-12H2,(H,25,27). The summed E-state index contributed by atoms with van der Waals surface area (Å²) in [5, 5.41) is 14.0. The molecule has 1 aliphatic heterocycles. The quantitative estimate of drug-likeness (QED) is 0.601. The number of aliphatic hydroxyl groups is 1. The summed E-state index contributed by atoms with van der Waals surface area (Å²) in [6.45, 7) is 1.96. The molecule has 0 radical (unpaired) electrons. The van der Waals surface area contributed by atoms with Gasteiger partial charge in [-0.2, -0.15) is 0 Å². The number of hydrogen-bond acceptors (Lipinski definition) is 5. The third-order valence-electron chi connectivity index (χ3n) is 5.83. The molecule has 6 nitrogen and oxygen atoms in total. The Morgan fingerprint density at radius 3 is 2.81 bits per heavy atom. The lowest BCUT2D eigenvalue weighted by molar-refractivity contribution is -0.123. The Kier molecular flexibility index (Phi) is 5.66. The maximum atomic E-state index is 12.6. The Morgan fingerprint density at radius 1 is 1.26 bits per heavy atom. The number of pyridine rings is 1. The molecule has 1 aliphatic carbocycles. The summed E-state index contributed by atoms with van der Waals surface area (Å²) in [6.07, 6.45) is 5.59. The first kappa shape index (κ1) is 18.3. The average Bonchev–Trinajstić information content (AvgIpc) is 3.17. The van der Waals surface area contributed by atoms with Crippen LogP contribution in [0, 0.1) is 11.8 Å². The van der Waals surface area contributed by atoms with Crippen LogP contribution >= 0.6 is 0 Å². The molecule has 1 amide bonds. The van der Waals surface area contributed by atoms with Crippen LogP contribution in [-0.2, 0) is 4.79 Å². The molecule has 1 aromatic carbocycles. The number of aliphatic hydroxyl groups excluding tert-OH is 1. The van der Waals surface area contributed by atoms with Crippen LogP contribution in [0.25, 0.3) is 10.9 Å². The summed E-state index contributed by atoms with van der Waals surface area (Å²) in [7, 11) is 0. The zero-order valence-electron chi connectivity index (χ0n) is 15.5. The van der Waals surface area contributed by atoms with Crippen molar-refractivity contribution < 1.29 is 9.90 Å². The Morgan fingerprint density at radius 2 is 2.04 bits per heavy atom. The Bertz CT molecular complexity index is 785. The van der Waals surface area contributed by atoms with Gasteiger partial charge in [0.25, 0.3) is 0 Å². The molecule has 2 fully saturated rings. The van der Waals surface area contributed by atoms with Crippen LogP contribution in [0.15, 0.2) is 36.5 Å². The van der Waals surface area contributed by atoms with E-state index in [1.807, 2.05) is 30.5 Å². The van der Waals surface area contributed by atoms with Gasteiger partial charge in [0.05, 0.1) is 17.7 Å². The summed E-state index contributed by atoms with van der Waals surface area (Å²) in [4.78, 5) is 17.1. The number of carbonyl (C=O) groups is 1. The van der Waals surface area contributed by atoms with Gasteiger partial charge in [-0.1, -0.05) is 18.2 Å². The first-order valence-corrected chi connectivity index (χ1v) is 9.97. The molecular formula is C21H28N4O2. The summed E-state index contributed by atoms with van der Waals surface area (Å²) in [5.41, 5.74) is 8.25.